The van der Waals surface area contributed by atoms with E-state index < -0.39 is 0 Å². The van der Waals surface area contributed by atoms with Crippen molar-refractivity contribution in [2.45, 2.75) is 0 Å². The zero-order chi connectivity index (χ0) is 19.3. The van der Waals surface area contributed by atoms with Crippen LogP contribution in [0, 0.1) is 0 Å². The number of carbonyl (C=O) groups is 2. The molecule has 1 aromatic heterocycles. The molecule has 0 radical (unpaired) electrons. The van der Waals surface area contributed by atoms with E-state index in [1.807, 2.05) is 30.3 Å². The minimum Gasteiger partial charge on any atom is -0.289 e. The van der Waals surface area contributed by atoms with Gasteiger partial charge in [-0.15, -0.1) is 0 Å². The van der Waals surface area contributed by atoms with Crippen LogP contribution in [0.1, 0.15) is 31.8 Å². The quantitative estimate of drug-likeness (QED) is 0.449. The average molecular weight is 365 g/mol. The van der Waals surface area contributed by atoms with E-state index in [1.54, 1.807) is 48.5 Å². The molecule has 1 heterocycles. The van der Waals surface area contributed by atoms with Crippen molar-refractivity contribution in [2.24, 2.45) is 0 Å². The monoisotopic (exact) mass is 365 g/mol. The lowest BCUT2D eigenvalue weighted by Gasteiger charge is -2.16. The molecule has 1 aliphatic rings. The Kier molecular flexibility index (Phi) is 4.80. The van der Waals surface area contributed by atoms with Crippen LogP contribution in [0.5, 0.6) is 0 Å². The van der Waals surface area contributed by atoms with Gasteiger partial charge in [0.1, 0.15) is 12.7 Å². The number of aromatic nitrogens is 3. The lowest BCUT2D eigenvalue weighted by Crippen LogP contribution is -2.20. The van der Waals surface area contributed by atoms with Crippen molar-refractivity contribution in [1.82, 2.24) is 15.0 Å². The van der Waals surface area contributed by atoms with E-state index in [0.717, 1.165) is 5.56 Å². The van der Waals surface area contributed by atoms with Crippen LogP contribution in [0.15, 0.2) is 91.5 Å². The van der Waals surface area contributed by atoms with Crippen molar-refractivity contribution in [3.05, 3.63) is 114 Å². The number of rotatable bonds is 1. The molecule has 0 N–H and O–H groups in total. The second kappa shape index (κ2) is 7.72. The lowest BCUT2D eigenvalue weighted by atomic mass is 9.84. The third-order valence-electron chi connectivity index (χ3n) is 4.36. The Labute approximate surface area is 161 Å². The molecular formula is C23H15N3O2. The lowest BCUT2D eigenvalue weighted by molar-refractivity contribution is 0.0979. The van der Waals surface area contributed by atoms with E-state index in [2.05, 4.69) is 15.0 Å². The SMILES string of the molecule is O=C1c2ccccc2C(=O)c2ccccc21.c1ccc(-c2ncncn2)cc1. The van der Waals surface area contributed by atoms with E-state index in [9.17, 15) is 9.59 Å². The number of carbonyl (C=O) groups excluding carboxylic acids is 2. The van der Waals surface area contributed by atoms with Crippen LogP contribution in [0.25, 0.3) is 11.4 Å². The van der Waals surface area contributed by atoms with Crippen molar-refractivity contribution < 1.29 is 9.59 Å². The maximum absolute atomic E-state index is 12.1. The molecule has 1 aliphatic carbocycles. The molecular weight excluding hydrogens is 350 g/mol. The van der Waals surface area contributed by atoms with E-state index in [0.29, 0.717) is 28.1 Å². The molecule has 5 heteroatoms. The van der Waals surface area contributed by atoms with Crippen molar-refractivity contribution in [1.29, 1.82) is 0 Å². The smallest absolute Gasteiger partial charge is 0.194 e. The first-order valence-corrected chi connectivity index (χ1v) is 8.70. The second-order valence-corrected chi connectivity index (χ2v) is 6.08. The van der Waals surface area contributed by atoms with Gasteiger partial charge in [0.25, 0.3) is 0 Å². The Morgan fingerprint density at radius 3 is 1.32 bits per heavy atom. The van der Waals surface area contributed by atoms with Gasteiger partial charge in [-0.1, -0.05) is 78.9 Å². The summed E-state index contributed by atoms with van der Waals surface area (Å²) in [6.07, 6.45) is 2.99. The van der Waals surface area contributed by atoms with Crippen molar-refractivity contribution in [3.8, 4) is 11.4 Å². The highest BCUT2D eigenvalue weighted by molar-refractivity contribution is 6.28. The van der Waals surface area contributed by atoms with E-state index in [4.69, 9.17) is 0 Å². The average Bonchev–Trinajstić information content (AvgIpc) is 2.79. The highest BCUT2D eigenvalue weighted by Crippen LogP contribution is 2.26. The van der Waals surface area contributed by atoms with Gasteiger partial charge < -0.3 is 0 Å². The molecule has 0 amide bonds. The Hall–Kier alpha value is -3.99. The Morgan fingerprint density at radius 1 is 0.500 bits per heavy atom. The fourth-order valence-corrected chi connectivity index (χ4v) is 3.02. The van der Waals surface area contributed by atoms with Crippen molar-refractivity contribution in [3.63, 3.8) is 0 Å². The maximum atomic E-state index is 12.1. The summed E-state index contributed by atoms with van der Waals surface area (Å²) in [4.78, 5) is 36.0. The van der Waals surface area contributed by atoms with Crippen LogP contribution in [-0.4, -0.2) is 26.5 Å². The van der Waals surface area contributed by atoms with Gasteiger partial charge in [-0.05, 0) is 0 Å². The third-order valence-corrected chi connectivity index (χ3v) is 4.36. The van der Waals surface area contributed by atoms with E-state index in [1.165, 1.54) is 12.7 Å². The van der Waals surface area contributed by atoms with Crippen LogP contribution < -0.4 is 0 Å². The predicted molar refractivity (Wildman–Crippen MR) is 105 cm³/mol. The minimum atomic E-state index is -0.0641. The molecule has 4 aromatic rings. The molecule has 0 saturated heterocycles. The van der Waals surface area contributed by atoms with Gasteiger partial charge in [0.05, 0.1) is 0 Å². The first-order valence-electron chi connectivity index (χ1n) is 8.70. The number of benzene rings is 3. The van der Waals surface area contributed by atoms with Crippen molar-refractivity contribution >= 4 is 11.6 Å². The molecule has 3 aromatic carbocycles. The first kappa shape index (κ1) is 17.4. The van der Waals surface area contributed by atoms with Gasteiger partial charge in [-0.25, -0.2) is 15.0 Å². The second-order valence-electron chi connectivity index (χ2n) is 6.08. The van der Waals surface area contributed by atoms with E-state index in [-0.39, 0.29) is 11.6 Å². The Bertz CT molecular complexity index is 1000. The Balaban J connectivity index is 0.000000143. The molecule has 0 fully saturated rings. The fraction of sp³-hybridized carbons (Fsp3) is 0. The molecule has 0 aliphatic heterocycles. The van der Waals surface area contributed by atoms with E-state index >= 15 is 0 Å². The zero-order valence-electron chi connectivity index (χ0n) is 14.8. The summed E-state index contributed by atoms with van der Waals surface area (Å²) >= 11 is 0. The highest BCUT2D eigenvalue weighted by atomic mass is 16.1. The summed E-state index contributed by atoms with van der Waals surface area (Å²) in [5, 5.41) is 0. The van der Waals surface area contributed by atoms with Crippen LogP contribution in [0.2, 0.25) is 0 Å². The molecule has 28 heavy (non-hydrogen) atoms. The molecule has 5 rings (SSSR count). The summed E-state index contributed by atoms with van der Waals surface area (Å²) in [6, 6.07) is 23.7. The topological polar surface area (TPSA) is 72.8 Å². The number of hydrogen-bond acceptors (Lipinski definition) is 5. The summed E-state index contributed by atoms with van der Waals surface area (Å²) < 4.78 is 0. The maximum Gasteiger partial charge on any atom is 0.194 e. The summed E-state index contributed by atoms with van der Waals surface area (Å²) in [7, 11) is 0. The van der Waals surface area contributed by atoms with Gasteiger partial charge in [0.2, 0.25) is 0 Å². The first-order chi connectivity index (χ1) is 13.8. The molecule has 0 spiro atoms. The number of ketones is 2. The number of hydrogen-bond donors (Lipinski definition) is 0. The molecule has 0 saturated carbocycles. The van der Waals surface area contributed by atoms with Gasteiger partial charge in [0.15, 0.2) is 17.4 Å². The standard InChI is InChI=1S/C14H8O2.C9H7N3/c15-13-9-5-1-2-6-10(9)14(16)12-8-4-3-7-11(12)13;1-2-4-8(5-3-1)9-11-6-10-7-12-9/h1-8H;1-7H. The predicted octanol–water partition coefficient (Wildman–Crippen LogP) is 4.00. The third kappa shape index (κ3) is 3.33. The molecule has 134 valence electrons. The normalized spacial score (nSPS) is 11.7. The van der Waals surface area contributed by atoms with Gasteiger partial charge in [-0.2, -0.15) is 0 Å². The molecule has 0 unspecified atom stereocenters. The van der Waals surface area contributed by atoms with Crippen LogP contribution >= 0.6 is 0 Å². The van der Waals surface area contributed by atoms with Gasteiger partial charge in [0, 0.05) is 27.8 Å². The molecule has 5 nitrogen and oxygen atoms in total. The fourth-order valence-electron chi connectivity index (χ4n) is 3.02. The van der Waals surface area contributed by atoms with Crippen LogP contribution in [0.3, 0.4) is 0 Å². The van der Waals surface area contributed by atoms with Gasteiger partial charge in [-0.3, -0.25) is 9.59 Å². The summed E-state index contributed by atoms with van der Waals surface area (Å²) in [5.41, 5.74) is 3.04. The number of fused-ring (bicyclic) bond motifs is 2. The summed E-state index contributed by atoms with van der Waals surface area (Å²) in [5.74, 6) is 0.585. The highest BCUT2D eigenvalue weighted by Gasteiger charge is 2.28. The van der Waals surface area contributed by atoms with Crippen LogP contribution in [-0.2, 0) is 0 Å². The Morgan fingerprint density at radius 2 is 0.893 bits per heavy atom. The van der Waals surface area contributed by atoms with Crippen LogP contribution in [0.4, 0.5) is 0 Å². The largest absolute Gasteiger partial charge is 0.289 e. The summed E-state index contributed by atoms with van der Waals surface area (Å²) in [6.45, 7) is 0. The van der Waals surface area contributed by atoms with Gasteiger partial charge >= 0.3 is 0 Å². The zero-order valence-corrected chi connectivity index (χ0v) is 14.8. The molecule has 0 atom stereocenters. The van der Waals surface area contributed by atoms with Crippen molar-refractivity contribution in [2.75, 3.05) is 0 Å². The number of nitrogens with zero attached hydrogens (tertiary/aromatic N) is 3. The minimum absolute atomic E-state index is 0.0641. The molecule has 0 bridgehead atoms.